The fourth-order valence-corrected chi connectivity index (χ4v) is 2.67. The summed E-state index contributed by atoms with van der Waals surface area (Å²) in [6, 6.07) is 20.1. The molecule has 1 unspecified atom stereocenters. The van der Waals surface area contributed by atoms with Crippen molar-refractivity contribution in [1.29, 1.82) is 0 Å². The van der Waals surface area contributed by atoms with Gasteiger partial charge in [-0.2, -0.15) is 0 Å². The first-order chi connectivity index (χ1) is 10.9. The molecule has 0 aliphatic rings. The second-order valence-electron chi connectivity index (χ2n) is 6.88. The number of hydrogen-bond acceptors (Lipinski definition) is 2. The molecule has 2 rings (SSSR count). The van der Waals surface area contributed by atoms with Crippen LogP contribution in [0.4, 0.5) is 5.69 Å². The summed E-state index contributed by atoms with van der Waals surface area (Å²) in [4.78, 5) is 14.2. The summed E-state index contributed by atoms with van der Waals surface area (Å²) in [7, 11) is 1.81. The average molecular weight is 310 g/mol. The van der Waals surface area contributed by atoms with Gasteiger partial charge < -0.3 is 10.2 Å². The molecule has 0 radical (unpaired) electrons. The van der Waals surface area contributed by atoms with E-state index in [2.05, 4.69) is 38.2 Å². The minimum Gasteiger partial charge on any atom is -0.314 e. The summed E-state index contributed by atoms with van der Waals surface area (Å²) >= 11 is 0. The van der Waals surface area contributed by atoms with Crippen LogP contribution in [0.15, 0.2) is 60.7 Å². The molecular formula is C20H26N2O. The Balaban J connectivity index is 2.06. The van der Waals surface area contributed by atoms with E-state index in [1.807, 2.05) is 55.6 Å². The first-order valence-corrected chi connectivity index (χ1v) is 7.99. The van der Waals surface area contributed by atoms with Gasteiger partial charge in [-0.15, -0.1) is 0 Å². The van der Waals surface area contributed by atoms with Gasteiger partial charge in [0, 0.05) is 18.8 Å². The van der Waals surface area contributed by atoms with Gasteiger partial charge in [-0.1, -0.05) is 69.3 Å². The van der Waals surface area contributed by atoms with Crippen LogP contribution in [0.3, 0.4) is 0 Å². The van der Waals surface area contributed by atoms with Gasteiger partial charge in [-0.05, 0) is 23.1 Å². The van der Waals surface area contributed by atoms with Crippen LogP contribution in [-0.2, 0) is 4.79 Å². The molecule has 122 valence electrons. The van der Waals surface area contributed by atoms with Crippen LogP contribution in [0.5, 0.6) is 0 Å². The summed E-state index contributed by atoms with van der Waals surface area (Å²) in [6.45, 7) is 6.86. The Bertz CT molecular complexity index is 617. The highest BCUT2D eigenvalue weighted by molar-refractivity contribution is 5.94. The summed E-state index contributed by atoms with van der Waals surface area (Å²) in [5.74, 6) is 0.0568. The van der Waals surface area contributed by atoms with E-state index in [1.165, 1.54) is 5.56 Å². The quantitative estimate of drug-likeness (QED) is 0.904. The minimum absolute atomic E-state index is 0.0208. The second kappa shape index (κ2) is 7.42. The van der Waals surface area contributed by atoms with Crippen molar-refractivity contribution in [2.45, 2.75) is 26.8 Å². The predicted molar refractivity (Wildman–Crippen MR) is 96.5 cm³/mol. The highest BCUT2D eigenvalue weighted by Crippen LogP contribution is 2.32. The van der Waals surface area contributed by atoms with Gasteiger partial charge in [0.2, 0.25) is 5.91 Å². The molecule has 1 amide bonds. The van der Waals surface area contributed by atoms with Crippen LogP contribution < -0.4 is 10.2 Å². The number of hydrogen-bond donors (Lipinski definition) is 1. The van der Waals surface area contributed by atoms with Crippen molar-refractivity contribution in [3.05, 3.63) is 66.2 Å². The molecule has 0 saturated heterocycles. The van der Waals surface area contributed by atoms with E-state index in [1.54, 1.807) is 4.90 Å². The molecule has 0 aromatic heterocycles. The number of nitrogens with one attached hydrogen (secondary N) is 1. The molecule has 3 nitrogen and oxygen atoms in total. The fourth-order valence-electron chi connectivity index (χ4n) is 2.67. The Morgan fingerprint density at radius 1 is 1.00 bits per heavy atom. The number of carbonyl (C=O) groups excluding carboxylic acids is 1. The number of para-hydroxylation sites is 1. The third-order valence-electron chi connectivity index (χ3n) is 3.97. The van der Waals surface area contributed by atoms with Crippen LogP contribution in [0.1, 0.15) is 32.4 Å². The number of carbonyl (C=O) groups is 1. The van der Waals surface area contributed by atoms with Crippen molar-refractivity contribution < 1.29 is 4.79 Å². The molecule has 0 saturated carbocycles. The fraction of sp³-hybridized carbons (Fsp3) is 0.350. The SMILES string of the molecule is CN(C(=O)CNC(c1ccccc1)C(C)(C)C)c1ccccc1. The standard InChI is InChI=1S/C20H26N2O/c1-20(2,3)19(16-11-7-5-8-12-16)21-15-18(23)22(4)17-13-9-6-10-14-17/h5-14,19,21H,15H2,1-4H3. The van der Waals surface area contributed by atoms with Crippen molar-refractivity contribution in [2.24, 2.45) is 5.41 Å². The number of anilines is 1. The maximum Gasteiger partial charge on any atom is 0.240 e. The maximum absolute atomic E-state index is 12.5. The molecule has 0 fully saturated rings. The Labute approximate surface area is 139 Å². The molecule has 1 atom stereocenters. The topological polar surface area (TPSA) is 32.3 Å². The zero-order valence-corrected chi connectivity index (χ0v) is 14.4. The summed E-state index contributed by atoms with van der Waals surface area (Å²) in [5.41, 5.74) is 2.13. The molecule has 23 heavy (non-hydrogen) atoms. The van der Waals surface area contributed by atoms with Crippen molar-refractivity contribution in [2.75, 3.05) is 18.5 Å². The van der Waals surface area contributed by atoms with Crippen molar-refractivity contribution in [3.63, 3.8) is 0 Å². The summed E-state index contributed by atoms with van der Waals surface area (Å²) < 4.78 is 0. The van der Waals surface area contributed by atoms with Gasteiger partial charge in [0.05, 0.1) is 6.54 Å². The van der Waals surface area contributed by atoms with Crippen molar-refractivity contribution >= 4 is 11.6 Å². The lowest BCUT2D eigenvalue weighted by Gasteiger charge is -2.32. The van der Waals surface area contributed by atoms with E-state index in [0.29, 0.717) is 6.54 Å². The minimum atomic E-state index is 0.0208. The van der Waals surface area contributed by atoms with Gasteiger partial charge in [0.25, 0.3) is 0 Å². The van der Waals surface area contributed by atoms with Crippen LogP contribution in [0, 0.1) is 5.41 Å². The Morgan fingerprint density at radius 3 is 2.04 bits per heavy atom. The molecule has 0 aliphatic heterocycles. The second-order valence-corrected chi connectivity index (χ2v) is 6.88. The highest BCUT2D eigenvalue weighted by Gasteiger charge is 2.26. The van der Waals surface area contributed by atoms with E-state index < -0.39 is 0 Å². The lowest BCUT2D eigenvalue weighted by atomic mass is 9.82. The van der Waals surface area contributed by atoms with Crippen LogP contribution in [0.25, 0.3) is 0 Å². The predicted octanol–water partition coefficient (Wildman–Crippen LogP) is 4.03. The van der Waals surface area contributed by atoms with Gasteiger partial charge >= 0.3 is 0 Å². The van der Waals surface area contributed by atoms with Crippen LogP contribution in [0.2, 0.25) is 0 Å². The molecule has 3 heteroatoms. The lowest BCUT2D eigenvalue weighted by Crippen LogP contribution is -2.40. The normalized spacial score (nSPS) is 12.7. The molecule has 1 N–H and O–H groups in total. The third kappa shape index (κ3) is 4.67. The first-order valence-electron chi connectivity index (χ1n) is 7.99. The van der Waals surface area contributed by atoms with E-state index in [-0.39, 0.29) is 17.4 Å². The first kappa shape index (κ1) is 17.2. The molecule has 2 aromatic carbocycles. The largest absolute Gasteiger partial charge is 0.314 e. The van der Waals surface area contributed by atoms with E-state index in [0.717, 1.165) is 5.69 Å². The van der Waals surface area contributed by atoms with Crippen LogP contribution in [-0.4, -0.2) is 19.5 Å². The van der Waals surface area contributed by atoms with E-state index in [9.17, 15) is 4.79 Å². The third-order valence-corrected chi connectivity index (χ3v) is 3.97. The average Bonchev–Trinajstić information content (AvgIpc) is 2.54. The number of nitrogens with zero attached hydrogens (tertiary/aromatic N) is 1. The van der Waals surface area contributed by atoms with Gasteiger partial charge in [-0.3, -0.25) is 4.79 Å². The molecule has 0 bridgehead atoms. The zero-order valence-electron chi connectivity index (χ0n) is 14.4. The Hall–Kier alpha value is -2.13. The van der Waals surface area contributed by atoms with E-state index in [4.69, 9.17) is 0 Å². The molecule has 0 heterocycles. The Kier molecular flexibility index (Phi) is 5.56. The summed E-state index contributed by atoms with van der Waals surface area (Å²) in [5, 5.41) is 3.44. The molecule has 2 aromatic rings. The number of benzene rings is 2. The highest BCUT2D eigenvalue weighted by atomic mass is 16.2. The van der Waals surface area contributed by atoms with Crippen molar-refractivity contribution in [3.8, 4) is 0 Å². The number of likely N-dealkylation sites (N-methyl/N-ethyl adjacent to an activating group) is 1. The molecule has 0 aliphatic carbocycles. The maximum atomic E-state index is 12.5. The van der Waals surface area contributed by atoms with Crippen LogP contribution >= 0.6 is 0 Å². The van der Waals surface area contributed by atoms with E-state index >= 15 is 0 Å². The van der Waals surface area contributed by atoms with Crippen molar-refractivity contribution in [1.82, 2.24) is 5.32 Å². The molecule has 0 spiro atoms. The van der Waals surface area contributed by atoms with Gasteiger partial charge in [0.15, 0.2) is 0 Å². The number of amides is 1. The smallest absolute Gasteiger partial charge is 0.240 e. The lowest BCUT2D eigenvalue weighted by molar-refractivity contribution is -0.117. The molecular weight excluding hydrogens is 284 g/mol. The Morgan fingerprint density at radius 2 is 1.52 bits per heavy atom. The van der Waals surface area contributed by atoms with Gasteiger partial charge in [0.1, 0.15) is 0 Å². The number of rotatable bonds is 5. The zero-order chi connectivity index (χ0) is 16.9. The summed E-state index contributed by atoms with van der Waals surface area (Å²) in [6.07, 6.45) is 0. The monoisotopic (exact) mass is 310 g/mol. The van der Waals surface area contributed by atoms with Gasteiger partial charge in [-0.25, -0.2) is 0 Å².